The van der Waals surface area contributed by atoms with Crippen LogP contribution in [-0.4, -0.2) is 134 Å². The number of imide groups is 1. The van der Waals surface area contributed by atoms with E-state index in [1.165, 1.54) is 42.7 Å². The molecule has 0 saturated carbocycles. The third-order valence-corrected chi connectivity index (χ3v) is 14.5. The highest BCUT2D eigenvalue weighted by Gasteiger charge is 2.43. The van der Waals surface area contributed by atoms with Crippen LogP contribution in [-0.2, 0) is 29.6 Å². The number of thioether (sulfide) groups is 1. The Morgan fingerprint density at radius 2 is 1.87 bits per heavy atom. The molecule has 3 fully saturated rings. The number of carbonyl (C=O) groups excluding carboxylic acids is 3. The Balaban J connectivity index is 0.000000244. The Hall–Kier alpha value is -5.51. The number of hydrogen-bond donors (Lipinski definition) is 3. The van der Waals surface area contributed by atoms with Crippen molar-refractivity contribution in [1.82, 2.24) is 29.4 Å². The maximum atomic E-state index is 14.4. The number of ether oxygens (including phenoxy) is 2. The first-order valence-corrected chi connectivity index (χ1v) is 25.3. The molecule has 23 heteroatoms. The van der Waals surface area contributed by atoms with Gasteiger partial charge >= 0.3 is 10.5 Å². The molecule has 1 spiro atoms. The van der Waals surface area contributed by atoms with E-state index in [1.807, 2.05) is 41.0 Å². The highest BCUT2D eigenvalue weighted by molar-refractivity contribution is 7.99. The quantitative estimate of drug-likeness (QED) is 0.0654. The Kier molecular flexibility index (Phi) is 18.1. The van der Waals surface area contributed by atoms with Gasteiger partial charge in [0.2, 0.25) is 18.2 Å². The Morgan fingerprint density at radius 3 is 2.53 bits per heavy atom. The van der Waals surface area contributed by atoms with Gasteiger partial charge in [0.25, 0.3) is 5.56 Å². The van der Waals surface area contributed by atoms with Gasteiger partial charge in [-0.25, -0.2) is 13.7 Å². The van der Waals surface area contributed by atoms with Crippen LogP contribution in [0.5, 0.6) is 17.2 Å². The Labute approximate surface area is 402 Å². The van der Waals surface area contributed by atoms with Gasteiger partial charge in [-0.15, -0.1) is 0 Å². The van der Waals surface area contributed by atoms with Crippen LogP contribution >= 0.6 is 23.9 Å². The van der Waals surface area contributed by atoms with Gasteiger partial charge in [-0.3, -0.25) is 29.4 Å². The summed E-state index contributed by atoms with van der Waals surface area (Å²) in [5.41, 5.74) is 1.65. The van der Waals surface area contributed by atoms with E-state index >= 15 is 0 Å². The van der Waals surface area contributed by atoms with Gasteiger partial charge in [0.15, 0.2) is 17.3 Å². The average molecular weight is 1000 g/mol. The molecule has 3 aliphatic heterocycles. The van der Waals surface area contributed by atoms with Gasteiger partial charge in [-0.05, 0) is 106 Å². The van der Waals surface area contributed by atoms with Crippen molar-refractivity contribution in [2.24, 2.45) is 0 Å². The van der Waals surface area contributed by atoms with Crippen LogP contribution in [0.25, 0.3) is 10.9 Å². The van der Waals surface area contributed by atoms with Crippen LogP contribution in [0, 0.1) is 17.1 Å². The average Bonchev–Trinajstić information content (AvgIpc) is 3.73. The van der Waals surface area contributed by atoms with Crippen LogP contribution in [0.1, 0.15) is 62.5 Å². The molecule has 3 aromatic carbocycles. The molecule has 3 amide bonds. The smallest absolute Gasteiger partial charge is 0.453 e. The molecular weight excluding hydrogens is 945 g/mol. The van der Waals surface area contributed by atoms with Crippen molar-refractivity contribution in [3.8, 4) is 23.3 Å². The number of carbonyl (C=O) groups is 3. The minimum atomic E-state index is -5.26. The molecule has 3 aliphatic rings. The number of H-pyrrole nitrogens is 1. The third kappa shape index (κ3) is 13.8. The maximum absolute atomic E-state index is 14.4. The van der Waals surface area contributed by atoms with E-state index in [4.69, 9.17) is 13.7 Å². The molecule has 0 aliphatic carbocycles. The van der Waals surface area contributed by atoms with Crippen molar-refractivity contribution in [2.45, 2.75) is 62.2 Å². The molecular formula is C45H55F2N9O9S3. The van der Waals surface area contributed by atoms with Crippen molar-refractivity contribution in [1.29, 1.82) is 5.26 Å². The fourth-order valence-corrected chi connectivity index (χ4v) is 9.83. The minimum absolute atomic E-state index is 0.0344. The highest BCUT2D eigenvalue weighted by Crippen LogP contribution is 2.41. The Bertz CT molecular complexity index is 2640. The van der Waals surface area contributed by atoms with E-state index in [2.05, 4.69) is 31.2 Å². The molecule has 18 nitrogen and oxygen atoms in total. The van der Waals surface area contributed by atoms with Crippen molar-refractivity contribution in [3.05, 3.63) is 82.2 Å². The number of fused-ring (bicyclic) bond motifs is 1. The SMILES string of the molecule is CCN(C)SNc1ccc(F)c(Oc2ccc3nc[nH]c(=O)c3c2)c1C#N.CSC1COC2(CCN(C(=O)CN3CCC(c4ccc(N(C)CCC(=O)NC=O)cc4OS(=O)(=O)F)CC3)CC2)C1. The summed E-state index contributed by atoms with van der Waals surface area (Å²) >= 11 is 3.13. The van der Waals surface area contributed by atoms with Crippen molar-refractivity contribution in [2.75, 3.05) is 82.4 Å². The van der Waals surface area contributed by atoms with Gasteiger partial charge < -0.3 is 33.2 Å². The van der Waals surface area contributed by atoms with E-state index in [9.17, 15) is 41.1 Å². The van der Waals surface area contributed by atoms with Crippen LogP contribution in [0.4, 0.5) is 19.7 Å². The summed E-state index contributed by atoms with van der Waals surface area (Å²) in [6.07, 6.45) is 7.87. The van der Waals surface area contributed by atoms with Crippen LogP contribution < -0.4 is 29.4 Å². The van der Waals surface area contributed by atoms with Crippen LogP contribution in [0.3, 0.4) is 0 Å². The van der Waals surface area contributed by atoms with E-state index in [-0.39, 0.29) is 58.8 Å². The number of rotatable bonds is 17. The monoisotopic (exact) mass is 999 g/mol. The molecule has 68 heavy (non-hydrogen) atoms. The van der Waals surface area contributed by atoms with E-state index in [0.717, 1.165) is 32.4 Å². The summed E-state index contributed by atoms with van der Waals surface area (Å²) in [6, 6.07) is 14.2. The summed E-state index contributed by atoms with van der Waals surface area (Å²) in [4.78, 5) is 59.2. The topological polar surface area (TPSA) is 220 Å². The molecule has 3 saturated heterocycles. The molecule has 366 valence electrons. The summed E-state index contributed by atoms with van der Waals surface area (Å²) in [5, 5.41) is 12.4. The van der Waals surface area contributed by atoms with Gasteiger partial charge in [0.1, 0.15) is 17.4 Å². The molecule has 0 radical (unpaired) electrons. The molecule has 3 N–H and O–H groups in total. The predicted octanol–water partition coefficient (Wildman–Crippen LogP) is 5.72. The lowest BCUT2D eigenvalue weighted by atomic mass is 9.88. The number of anilines is 2. The number of halogens is 2. The number of piperidine rings is 2. The first-order valence-electron chi connectivity index (χ1n) is 21.9. The molecule has 1 unspecified atom stereocenters. The van der Waals surface area contributed by atoms with E-state index in [0.29, 0.717) is 85.1 Å². The van der Waals surface area contributed by atoms with Crippen molar-refractivity contribution < 1.29 is 44.7 Å². The maximum Gasteiger partial charge on any atom is 0.488 e. The fourth-order valence-electron chi connectivity index (χ4n) is 8.25. The lowest BCUT2D eigenvalue weighted by Gasteiger charge is -2.40. The molecule has 1 aromatic heterocycles. The van der Waals surface area contributed by atoms with Crippen LogP contribution in [0.15, 0.2) is 59.7 Å². The number of nitriles is 1. The summed E-state index contributed by atoms with van der Waals surface area (Å²) in [5.74, 6) is -1.16. The number of amides is 3. The summed E-state index contributed by atoms with van der Waals surface area (Å²) in [6.45, 7) is 6.82. The number of nitrogens with one attached hydrogen (secondary N) is 3. The number of nitrogens with zero attached hydrogens (tertiary/aromatic N) is 6. The zero-order chi connectivity index (χ0) is 49.0. The second kappa shape index (κ2) is 23.7. The second-order valence-corrected chi connectivity index (χ2v) is 19.7. The minimum Gasteiger partial charge on any atom is -0.453 e. The summed E-state index contributed by atoms with van der Waals surface area (Å²) in [7, 11) is -1.69. The first-order chi connectivity index (χ1) is 32.5. The number of aromatic amines is 1. The number of aromatic nitrogens is 2. The molecule has 1 atom stereocenters. The van der Waals surface area contributed by atoms with Crippen LogP contribution in [0.2, 0.25) is 0 Å². The predicted molar refractivity (Wildman–Crippen MR) is 257 cm³/mol. The highest BCUT2D eigenvalue weighted by atomic mass is 32.3. The number of benzene rings is 3. The normalized spacial score (nSPS) is 17.3. The zero-order valence-corrected chi connectivity index (χ0v) is 40.6. The van der Waals surface area contributed by atoms with Gasteiger partial charge in [-0.2, -0.15) is 25.4 Å². The largest absolute Gasteiger partial charge is 0.488 e. The first kappa shape index (κ1) is 51.9. The third-order valence-electron chi connectivity index (χ3n) is 12.3. The van der Waals surface area contributed by atoms with E-state index in [1.54, 1.807) is 36.2 Å². The van der Waals surface area contributed by atoms with E-state index < -0.39 is 22.2 Å². The molecule has 0 bridgehead atoms. The number of hydrogen-bond acceptors (Lipinski definition) is 17. The standard InChI is InChI=1S/C27H39FN4O7S2.C18H16FN5O2S/c1-30(10-7-25(34)29-19-33)21-3-4-23(24(15-21)39-41(28,36)37)20-5-11-31(12-6-20)17-26(35)32-13-8-27(9-14-32)16-22(40-2)18-38-27;1-3-24(2)27-23-16-7-5-14(19)17(13(16)9-20)26-11-4-6-15-12(8-11)18(25)22-10-21-15/h3-4,15,19-20,22H,5-14,16-18H2,1-2H3,(H,29,33,34);4-8,10,23H,3H2,1-2H3,(H,21,22,25). The summed E-state index contributed by atoms with van der Waals surface area (Å²) < 4.78 is 72.2. The zero-order valence-electron chi connectivity index (χ0n) is 38.2. The lowest BCUT2D eigenvalue weighted by molar-refractivity contribution is -0.137. The van der Waals surface area contributed by atoms with Gasteiger partial charge in [0.05, 0.1) is 41.7 Å². The number of likely N-dealkylation sites (tertiary alicyclic amines) is 2. The van der Waals surface area contributed by atoms with Crippen molar-refractivity contribution in [3.63, 3.8) is 0 Å². The fraction of sp³-hybridized carbons (Fsp3) is 0.467. The lowest BCUT2D eigenvalue weighted by Crippen LogP contribution is -2.50. The second-order valence-electron chi connectivity index (χ2n) is 16.6. The van der Waals surface area contributed by atoms with Gasteiger partial charge in [-0.1, -0.05) is 16.9 Å². The molecule has 7 rings (SSSR count). The molecule has 4 aromatic rings. The van der Waals surface area contributed by atoms with Gasteiger partial charge in [0, 0.05) is 68.8 Å². The molecule has 4 heterocycles. The Morgan fingerprint density at radius 1 is 1.12 bits per heavy atom. The van der Waals surface area contributed by atoms with Crippen molar-refractivity contribution >= 4 is 74.9 Å².